The molecule has 2 unspecified atom stereocenters. The highest BCUT2D eigenvalue weighted by Gasteiger charge is 2.27. The van der Waals surface area contributed by atoms with E-state index in [2.05, 4.69) is 15.9 Å². The molecular weight excluding hydrogens is 368 g/mol. The molecule has 4 nitrogen and oxygen atoms in total. The molecule has 6 heteroatoms. The number of benzene rings is 1. The second kappa shape index (κ2) is 9.38. The van der Waals surface area contributed by atoms with Crippen molar-refractivity contribution in [3.8, 4) is 5.75 Å². The minimum atomic E-state index is 0. The summed E-state index contributed by atoms with van der Waals surface area (Å²) in [4.78, 5) is 14.1. The summed E-state index contributed by atoms with van der Waals surface area (Å²) in [6.07, 6.45) is 3.88. The first-order valence-electron chi connectivity index (χ1n) is 7.45. The van der Waals surface area contributed by atoms with Crippen LogP contribution in [0.1, 0.15) is 25.7 Å². The second-order valence-corrected chi connectivity index (χ2v) is 6.60. The van der Waals surface area contributed by atoms with Gasteiger partial charge < -0.3 is 15.4 Å². The van der Waals surface area contributed by atoms with Gasteiger partial charge in [-0.05, 0) is 43.5 Å². The van der Waals surface area contributed by atoms with Crippen LogP contribution in [0.4, 0.5) is 0 Å². The maximum Gasteiger partial charge on any atom is 0.225 e. The van der Waals surface area contributed by atoms with Crippen LogP contribution in [0.15, 0.2) is 28.7 Å². The fourth-order valence-electron chi connectivity index (χ4n) is 2.70. The smallest absolute Gasteiger partial charge is 0.225 e. The van der Waals surface area contributed by atoms with E-state index in [1.807, 2.05) is 31.3 Å². The average molecular weight is 392 g/mol. The summed E-state index contributed by atoms with van der Waals surface area (Å²) >= 11 is 3.39. The minimum Gasteiger partial charge on any atom is -0.492 e. The van der Waals surface area contributed by atoms with Gasteiger partial charge in [0.2, 0.25) is 5.91 Å². The molecular formula is C16H24BrClN2O2. The molecule has 1 aliphatic rings. The zero-order valence-electron chi connectivity index (χ0n) is 12.8. The molecule has 0 radical (unpaired) electrons. The van der Waals surface area contributed by atoms with Crippen LogP contribution in [-0.2, 0) is 4.79 Å². The van der Waals surface area contributed by atoms with E-state index in [0.717, 1.165) is 35.9 Å². The van der Waals surface area contributed by atoms with E-state index in [1.54, 1.807) is 4.90 Å². The van der Waals surface area contributed by atoms with E-state index < -0.39 is 0 Å². The maximum absolute atomic E-state index is 12.3. The number of likely N-dealkylation sites (N-methyl/N-ethyl adjacent to an activating group) is 1. The van der Waals surface area contributed by atoms with Crippen molar-refractivity contribution in [3.05, 3.63) is 28.7 Å². The molecule has 1 aromatic rings. The van der Waals surface area contributed by atoms with Crippen molar-refractivity contribution in [3.63, 3.8) is 0 Å². The van der Waals surface area contributed by atoms with Gasteiger partial charge in [-0.3, -0.25) is 4.79 Å². The predicted molar refractivity (Wildman–Crippen MR) is 94.5 cm³/mol. The van der Waals surface area contributed by atoms with Crippen LogP contribution in [0.25, 0.3) is 0 Å². The number of halogens is 2. The highest BCUT2D eigenvalue weighted by Crippen LogP contribution is 2.24. The molecule has 22 heavy (non-hydrogen) atoms. The summed E-state index contributed by atoms with van der Waals surface area (Å²) in [5.74, 6) is 1.11. The Bertz CT molecular complexity index is 470. The Kier molecular flexibility index (Phi) is 8.21. The highest BCUT2D eigenvalue weighted by atomic mass is 79.9. The van der Waals surface area contributed by atoms with Gasteiger partial charge in [-0.2, -0.15) is 0 Å². The van der Waals surface area contributed by atoms with E-state index in [4.69, 9.17) is 10.5 Å². The Morgan fingerprint density at radius 1 is 1.36 bits per heavy atom. The molecule has 0 spiro atoms. The normalized spacial score (nSPS) is 20.9. The van der Waals surface area contributed by atoms with E-state index in [1.165, 1.54) is 0 Å². The summed E-state index contributed by atoms with van der Waals surface area (Å²) < 4.78 is 6.67. The van der Waals surface area contributed by atoms with Gasteiger partial charge in [-0.15, -0.1) is 12.4 Å². The molecule has 2 N–H and O–H groups in total. The first kappa shape index (κ1) is 19.3. The Hall–Kier alpha value is -0.780. The minimum absolute atomic E-state index is 0. The molecule has 1 aromatic carbocycles. The van der Waals surface area contributed by atoms with Crippen LogP contribution in [0.5, 0.6) is 5.75 Å². The number of hydrogen-bond donors (Lipinski definition) is 1. The van der Waals surface area contributed by atoms with Crippen molar-refractivity contribution in [1.82, 2.24) is 4.90 Å². The van der Waals surface area contributed by atoms with E-state index >= 15 is 0 Å². The fourth-order valence-corrected chi connectivity index (χ4v) is 2.97. The van der Waals surface area contributed by atoms with Gasteiger partial charge in [0.25, 0.3) is 0 Å². The molecule has 2 atom stereocenters. The zero-order valence-corrected chi connectivity index (χ0v) is 15.2. The molecule has 1 saturated carbocycles. The topological polar surface area (TPSA) is 55.6 Å². The SMILES string of the molecule is CN(CCOc1ccc(Br)cc1)C(=O)C1CCCC(N)C1.Cl. The van der Waals surface area contributed by atoms with Crippen LogP contribution >= 0.6 is 28.3 Å². The molecule has 2 rings (SSSR count). The number of rotatable bonds is 5. The quantitative estimate of drug-likeness (QED) is 0.838. The van der Waals surface area contributed by atoms with Gasteiger partial charge in [-0.25, -0.2) is 0 Å². The lowest BCUT2D eigenvalue weighted by molar-refractivity contribution is -0.135. The Morgan fingerprint density at radius 3 is 2.68 bits per heavy atom. The molecule has 1 aliphatic carbocycles. The number of ether oxygens (including phenoxy) is 1. The van der Waals surface area contributed by atoms with Crippen molar-refractivity contribution in [2.75, 3.05) is 20.2 Å². The Morgan fingerprint density at radius 2 is 2.05 bits per heavy atom. The number of carbonyl (C=O) groups excluding carboxylic acids is 1. The van der Waals surface area contributed by atoms with E-state index in [9.17, 15) is 4.79 Å². The predicted octanol–water partition coefficient (Wildman–Crippen LogP) is 3.23. The molecule has 1 fully saturated rings. The molecule has 0 saturated heterocycles. The number of nitrogens with two attached hydrogens (primary N) is 1. The summed E-state index contributed by atoms with van der Waals surface area (Å²) in [6, 6.07) is 7.87. The lowest BCUT2D eigenvalue weighted by atomic mass is 9.85. The number of amides is 1. The molecule has 1 amide bonds. The Balaban J connectivity index is 0.00000242. The maximum atomic E-state index is 12.3. The van der Waals surface area contributed by atoms with Gasteiger partial charge in [0, 0.05) is 23.5 Å². The highest BCUT2D eigenvalue weighted by molar-refractivity contribution is 9.10. The van der Waals surface area contributed by atoms with Gasteiger partial charge in [-0.1, -0.05) is 22.4 Å². The van der Waals surface area contributed by atoms with Crippen molar-refractivity contribution in [1.29, 1.82) is 0 Å². The van der Waals surface area contributed by atoms with Gasteiger partial charge in [0.05, 0.1) is 6.54 Å². The molecule has 0 heterocycles. The largest absolute Gasteiger partial charge is 0.492 e. The van der Waals surface area contributed by atoms with Crippen molar-refractivity contribution in [2.45, 2.75) is 31.7 Å². The monoisotopic (exact) mass is 390 g/mol. The molecule has 124 valence electrons. The van der Waals surface area contributed by atoms with Gasteiger partial charge >= 0.3 is 0 Å². The first-order chi connectivity index (χ1) is 10.1. The zero-order chi connectivity index (χ0) is 15.2. The molecule has 0 aromatic heterocycles. The van der Waals surface area contributed by atoms with Crippen molar-refractivity contribution in [2.24, 2.45) is 11.7 Å². The summed E-state index contributed by atoms with van der Waals surface area (Å²) in [5, 5.41) is 0. The molecule has 0 aliphatic heterocycles. The lowest BCUT2D eigenvalue weighted by Crippen LogP contribution is -2.40. The van der Waals surface area contributed by atoms with Crippen LogP contribution in [0, 0.1) is 5.92 Å². The number of carbonyl (C=O) groups is 1. The fraction of sp³-hybridized carbons (Fsp3) is 0.562. The van der Waals surface area contributed by atoms with Gasteiger partial charge in [0.15, 0.2) is 0 Å². The van der Waals surface area contributed by atoms with Gasteiger partial charge in [0.1, 0.15) is 12.4 Å². The van der Waals surface area contributed by atoms with Crippen LogP contribution < -0.4 is 10.5 Å². The van der Waals surface area contributed by atoms with Crippen molar-refractivity contribution < 1.29 is 9.53 Å². The average Bonchev–Trinajstić information content (AvgIpc) is 2.48. The third-order valence-corrected chi connectivity index (χ3v) is 4.48. The standard InChI is InChI=1S/C16H23BrN2O2.ClH/c1-19(16(20)12-3-2-4-14(18)11-12)9-10-21-15-7-5-13(17)6-8-15;/h5-8,12,14H,2-4,9-11,18H2,1H3;1H. The lowest BCUT2D eigenvalue weighted by Gasteiger charge is -2.29. The van der Waals surface area contributed by atoms with E-state index in [0.29, 0.717) is 13.2 Å². The van der Waals surface area contributed by atoms with E-state index in [-0.39, 0.29) is 30.3 Å². The number of hydrogen-bond acceptors (Lipinski definition) is 3. The summed E-state index contributed by atoms with van der Waals surface area (Å²) in [5.41, 5.74) is 5.95. The summed E-state index contributed by atoms with van der Waals surface area (Å²) in [7, 11) is 1.84. The van der Waals surface area contributed by atoms with Crippen molar-refractivity contribution >= 4 is 34.2 Å². The van der Waals surface area contributed by atoms with Crippen LogP contribution in [-0.4, -0.2) is 37.0 Å². The first-order valence-corrected chi connectivity index (χ1v) is 8.24. The number of nitrogens with zero attached hydrogens (tertiary/aromatic N) is 1. The second-order valence-electron chi connectivity index (χ2n) is 5.69. The van der Waals surface area contributed by atoms with Crippen LogP contribution in [0.2, 0.25) is 0 Å². The molecule has 0 bridgehead atoms. The Labute approximate surface area is 146 Å². The summed E-state index contributed by atoms with van der Waals surface area (Å²) in [6.45, 7) is 1.10. The third-order valence-electron chi connectivity index (χ3n) is 3.95. The van der Waals surface area contributed by atoms with Crippen LogP contribution in [0.3, 0.4) is 0 Å². The third kappa shape index (κ3) is 5.78.